The van der Waals surface area contributed by atoms with Crippen LogP contribution in [0, 0.1) is 0 Å². The summed E-state index contributed by atoms with van der Waals surface area (Å²) in [4.78, 5) is 11.8. The van der Waals surface area contributed by atoms with Crippen LogP contribution in [-0.4, -0.2) is 32.9 Å². The smallest absolute Gasteiger partial charge is 0.277 e. The van der Waals surface area contributed by atoms with Crippen molar-refractivity contribution >= 4 is 35.3 Å². The molecule has 0 saturated heterocycles. The Balaban J connectivity index is 1.93. The average molecular weight is 383 g/mol. The molecular formula is C17H16Cl2N2O4. The van der Waals surface area contributed by atoms with Crippen molar-refractivity contribution in [3.63, 3.8) is 0 Å². The Bertz CT molecular complexity index is 781. The van der Waals surface area contributed by atoms with E-state index in [1.165, 1.54) is 12.3 Å². The van der Waals surface area contributed by atoms with Gasteiger partial charge in [-0.25, -0.2) is 5.43 Å². The molecule has 0 unspecified atom stereocenters. The molecule has 0 radical (unpaired) electrons. The molecule has 8 heteroatoms. The second-order valence-corrected chi connectivity index (χ2v) is 5.61. The Morgan fingerprint density at radius 1 is 1.12 bits per heavy atom. The van der Waals surface area contributed by atoms with Gasteiger partial charge < -0.3 is 14.2 Å². The highest BCUT2D eigenvalue weighted by molar-refractivity contribution is 6.34. The molecule has 0 heterocycles. The van der Waals surface area contributed by atoms with Gasteiger partial charge in [-0.05, 0) is 30.3 Å². The lowest BCUT2D eigenvalue weighted by Gasteiger charge is -2.08. The maximum atomic E-state index is 11.8. The van der Waals surface area contributed by atoms with Gasteiger partial charge in [-0.15, -0.1) is 0 Å². The quantitative estimate of drug-likeness (QED) is 0.587. The molecule has 0 aliphatic rings. The lowest BCUT2D eigenvalue weighted by atomic mass is 10.2. The summed E-state index contributed by atoms with van der Waals surface area (Å²) in [7, 11) is 3.10. The molecule has 2 aromatic carbocycles. The van der Waals surface area contributed by atoms with Gasteiger partial charge >= 0.3 is 0 Å². The molecule has 0 aromatic heterocycles. The van der Waals surface area contributed by atoms with Crippen LogP contribution < -0.4 is 19.6 Å². The summed E-state index contributed by atoms with van der Waals surface area (Å²) in [6.45, 7) is -0.257. The number of methoxy groups -OCH3 is 2. The minimum absolute atomic E-state index is 0.257. The topological polar surface area (TPSA) is 69.2 Å². The maximum absolute atomic E-state index is 11.8. The molecule has 25 heavy (non-hydrogen) atoms. The van der Waals surface area contributed by atoms with Gasteiger partial charge in [-0.3, -0.25) is 4.79 Å². The number of carbonyl (C=O) groups is 1. The first-order valence-corrected chi connectivity index (χ1v) is 7.91. The van der Waals surface area contributed by atoms with Crippen LogP contribution in [0.15, 0.2) is 41.5 Å². The third kappa shape index (κ3) is 5.55. The van der Waals surface area contributed by atoms with Crippen molar-refractivity contribution < 1.29 is 19.0 Å². The van der Waals surface area contributed by atoms with Crippen LogP contribution in [0.5, 0.6) is 17.2 Å². The number of rotatable bonds is 7. The third-order valence-corrected chi connectivity index (χ3v) is 3.63. The number of amides is 1. The summed E-state index contributed by atoms with van der Waals surface area (Å²) in [6, 6.07) is 9.98. The van der Waals surface area contributed by atoms with Crippen molar-refractivity contribution in [2.45, 2.75) is 0 Å². The fourth-order valence-electron chi connectivity index (χ4n) is 1.88. The van der Waals surface area contributed by atoms with E-state index >= 15 is 0 Å². The van der Waals surface area contributed by atoms with Crippen molar-refractivity contribution in [3.05, 3.63) is 52.0 Å². The molecule has 2 rings (SSSR count). The van der Waals surface area contributed by atoms with E-state index in [1.807, 2.05) is 0 Å². The number of hydrogen-bond donors (Lipinski definition) is 1. The van der Waals surface area contributed by atoms with Gasteiger partial charge in [0, 0.05) is 16.7 Å². The predicted molar refractivity (Wildman–Crippen MR) is 97.2 cm³/mol. The molecule has 0 fully saturated rings. The van der Waals surface area contributed by atoms with E-state index in [1.54, 1.807) is 44.6 Å². The molecule has 0 saturated carbocycles. The van der Waals surface area contributed by atoms with Crippen molar-refractivity contribution in [3.8, 4) is 17.2 Å². The lowest BCUT2D eigenvalue weighted by molar-refractivity contribution is -0.123. The van der Waals surface area contributed by atoms with Gasteiger partial charge in [-0.1, -0.05) is 23.2 Å². The van der Waals surface area contributed by atoms with Gasteiger partial charge in [0.1, 0.15) is 17.2 Å². The Kier molecular flexibility index (Phi) is 6.91. The van der Waals surface area contributed by atoms with Crippen molar-refractivity contribution in [1.82, 2.24) is 5.43 Å². The summed E-state index contributed by atoms with van der Waals surface area (Å²) in [5, 5.41) is 4.70. The van der Waals surface area contributed by atoms with Crippen LogP contribution in [0.1, 0.15) is 5.56 Å². The standard InChI is InChI=1S/C17H16Cl2N2O4/c1-23-13-4-6-15(24-2)11(7-13)9-20-21-17(22)10-25-16-8-12(18)3-5-14(16)19/h3-9H,10H2,1-2H3,(H,21,22)/b20-9+. The van der Waals surface area contributed by atoms with Crippen LogP contribution >= 0.6 is 23.2 Å². The van der Waals surface area contributed by atoms with Gasteiger partial charge in [-0.2, -0.15) is 5.10 Å². The monoisotopic (exact) mass is 382 g/mol. The zero-order chi connectivity index (χ0) is 18.2. The molecule has 1 amide bonds. The molecule has 0 bridgehead atoms. The number of hydrogen-bond acceptors (Lipinski definition) is 5. The molecule has 0 aliphatic heterocycles. The first-order chi connectivity index (χ1) is 12.0. The summed E-state index contributed by atoms with van der Waals surface area (Å²) < 4.78 is 15.7. The largest absolute Gasteiger partial charge is 0.497 e. The fraction of sp³-hybridized carbons (Fsp3) is 0.176. The van der Waals surface area contributed by atoms with E-state index in [9.17, 15) is 4.79 Å². The minimum Gasteiger partial charge on any atom is -0.497 e. The Hall–Kier alpha value is -2.44. The first kappa shape index (κ1) is 18.9. The van der Waals surface area contributed by atoms with Crippen LogP contribution in [0.2, 0.25) is 10.0 Å². The Morgan fingerprint density at radius 3 is 2.64 bits per heavy atom. The number of halogens is 2. The van der Waals surface area contributed by atoms with E-state index in [-0.39, 0.29) is 6.61 Å². The number of hydrazone groups is 1. The van der Waals surface area contributed by atoms with Crippen LogP contribution in [0.3, 0.4) is 0 Å². The van der Waals surface area contributed by atoms with Gasteiger partial charge in [0.15, 0.2) is 6.61 Å². The summed E-state index contributed by atoms with van der Waals surface area (Å²) in [5.41, 5.74) is 3.01. The highest BCUT2D eigenvalue weighted by Crippen LogP contribution is 2.27. The molecule has 2 aromatic rings. The number of nitrogens with zero attached hydrogens (tertiary/aromatic N) is 1. The van der Waals surface area contributed by atoms with Crippen LogP contribution in [-0.2, 0) is 4.79 Å². The normalized spacial score (nSPS) is 10.6. The summed E-state index contributed by atoms with van der Waals surface area (Å²) >= 11 is 11.8. The van der Waals surface area contributed by atoms with Crippen LogP contribution in [0.25, 0.3) is 0 Å². The van der Waals surface area contributed by atoms with Crippen molar-refractivity contribution in [2.24, 2.45) is 5.10 Å². The Morgan fingerprint density at radius 2 is 1.92 bits per heavy atom. The molecule has 1 N–H and O–H groups in total. The summed E-state index contributed by atoms with van der Waals surface area (Å²) in [6.07, 6.45) is 1.45. The minimum atomic E-state index is -0.450. The zero-order valence-corrected chi connectivity index (χ0v) is 15.1. The average Bonchev–Trinajstić information content (AvgIpc) is 2.62. The van der Waals surface area contributed by atoms with E-state index in [0.29, 0.717) is 32.9 Å². The van der Waals surface area contributed by atoms with E-state index in [4.69, 9.17) is 37.4 Å². The number of nitrogens with one attached hydrogen (secondary N) is 1. The highest BCUT2D eigenvalue weighted by Gasteiger charge is 2.07. The lowest BCUT2D eigenvalue weighted by Crippen LogP contribution is -2.24. The molecular weight excluding hydrogens is 367 g/mol. The number of benzene rings is 2. The molecule has 0 spiro atoms. The van der Waals surface area contributed by atoms with E-state index < -0.39 is 5.91 Å². The van der Waals surface area contributed by atoms with Gasteiger partial charge in [0.05, 0.1) is 25.5 Å². The second-order valence-electron chi connectivity index (χ2n) is 4.76. The first-order valence-electron chi connectivity index (χ1n) is 7.15. The van der Waals surface area contributed by atoms with Gasteiger partial charge in [0.2, 0.25) is 0 Å². The van der Waals surface area contributed by atoms with Crippen molar-refractivity contribution in [1.29, 1.82) is 0 Å². The van der Waals surface area contributed by atoms with E-state index in [2.05, 4.69) is 10.5 Å². The van der Waals surface area contributed by atoms with Crippen LogP contribution in [0.4, 0.5) is 0 Å². The third-order valence-electron chi connectivity index (χ3n) is 3.08. The van der Waals surface area contributed by atoms with E-state index in [0.717, 1.165) is 0 Å². The second kappa shape index (κ2) is 9.15. The molecule has 6 nitrogen and oxygen atoms in total. The fourth-order valence-corrected chi connectivity index (χ4v) is 2.21. The van der Waals surface area contributed by atoms with Gasteiger partial charge in [0.25, 0.3) is 5.91 Å². The predicted octanol–water partition coefficient (Wildman–Crippen LogP) is 3.54. The summed E-state index contributed by atoms with van der Waals surface area (Å²) in [5.74, 6) is 1.12. The SMILES string of the molecule is COc1ccc(OC)c(/C=N/NC(=O)COc2cc(Cl)ccc2Cl)c1. The number of ether oxygens (including phenoxy) is 3. The molecule has 132 valence electrons. The molecule has 0 aliphatic carbocycles. The molecule has 0 atom stereocenters. The number of carbonyl (C=O) groups excluding carboxylic acids is 1. The van der Waals surface area contributed by atoms with Crippen molar-refractivity contribution in [2.75, 3.05) is 20.8 Å². The maximum Gasteiger partial charge on any atom is 0.277 e. The zero-order valence-electron chi connectivity index (χ0n) is 13.6. The Labute approximate surface area is 155 Å². The highest BCUT2D eigenvalue weighted by atomic mass is 35.5.